The average molecular weight is 273 g/mol. The third-order valence-electron chi connectivity index (χ3n) is 2.58. The van der Waals surface area contributed by atoms with Crippen molar-refractivity contribution in [1.29, 1.82) is 0 Å². The van der Waals surface area contributed by atoms with Crippen LogP contribution in [0, 0.1) is 6.92 Å². The van der Waals surface area contributed by atoms with Gasteiger partial charge in [-0.25, -0.2) is 5.43 Å². The van der Waals surface area contributed by atoms with E-state index in [2.05, 4.69) is 10.5 Å². The molecule has 3 nitrogen and oxygen atoms in total. The molecular formula is C15H13ClN2O. The summed E-state index contributed by atoms with van der Waals surface area (Å²) in [7, 11) is 0. The minimum Gasteiger partial charge on any atom is -0.267 e. The summed E-state index contributed by atoms with van der Waals surface area (Å²) in [5.74, 6) is -0.325. The summed E-state index contributed by atoms with van der Waals surface area (Å²) in [6.07, 6.45) is 1.59. The fourth-order valence-electron chi connectivity index (χ4n) is 1.52. The normalized spacial score (nSPS) is 10.6. The lowest BCUT2D eigenvalue weighted by Crippen LogP contribution is -2.17. The van der Waals surface area contributed by atoms with Gasteiger partial charge in [-0.3, -0.25) is 4.79 Å². The molecule has 0 aliphatic carbocycles. The Morgan fingerprint density at radius 3 is 2.53 bits per heavy atom. The molecule has 0 fully saturated rings. The maximum atomic E-state index is 11.8. The zero-order chi connectivity index (χ0) is 13.7. The number of hydrogen-bond acceptors (Lipinski definition) is 2. The van der Waals surface area contributed by atoms with Gasteiger partial charge < -0.3 is 0 Å². The number of halogens is 1. The standard InChI is InChI=1S/C15H13ClN2O/c1-11-6-8-12(9-7-11)10-17-18-15(19)13-4-2-3-5-14(13)16/h2-10H,1H3,(H,18,19). The Morgan fingerprint density at radius 2 is 1.84 bits per heavy atom. The van der Waals surface area contributed by atoms with Crippen LogP contribution in [0.3, 0.4) is 0 Å². The number of rotatable bonds is 3. The summed E-state index contributed by atoms with van der Waals surface area (Å²) in [5, 5.41) is 4.31. The number of hydrazone groups is 1. The van der Waals surface area contributed by atoms with Crippen molar-refractivity contribution in [3.8, 4) is 0 Å². The van der Waals surface area contributed by atoms with Gasteiger partial charge in [-0.1, -0.05) is 53.6 Å². The van der Waals surface area contributed by atoms with Crippen molar-refractivity contribution in [2.24, 2.45) is 5.10 Å². The SMILES string of the molecule is Cc1ccc(C=NNC(=O)c2ccccc2Cl)cc1. The van der Waals surface area contributed by atoms with Crippen LogP contribution in [0.4, 0.5) is 0 Å². The van der Waals surface area contributed by atoms with Crippen LogP contribution >= 0.6 is 11.6 Å². The predicted molar refractivity (Wildman–Crippen MR) is 77.7 cm³/mol. The van der Waals surface area contributed by atoms with Crippen LogP contribution in [0.15, 0.2) is 53.6 Å². The quantitative estimate of drug-likeness (QED) is 0.675. The molecule has 96 valence electrons. The maximum Gasteiger partial charge on any atom is 0.272 e. The number of amides is 1. The van der Waals surface area contributed by atoms with Crippen molar-refractivity contribution in [1.82, 2.24) is 5.43 Å². The first kappa shape index (κ1) is 13.3. The molecule has 0 radical (unpaired) electrons. The first-order valence-electron chi connectivity index (χ1n) is 5.81. The Labute approximate surface area is 116 Å². The van der Waals surface area contributed by atoms with Gasteiger partial charge in [0.05, 0.1) is 16.8 Å². The second-order valence-corrected chi connectivity index (χ2v) is 4.50. The molecule has 0 unspecified atom stereocenters. The molecule has 0 aliphatic heterocycles. The van der Waals surface area contributed by atoms with Crippen molar-refractivity contribution < 1.29 is 4.79 Å². The van der Waals surface area contributed by atoms with E-state index in [0.717, 1.165) is 5.56 Å². The molecule has 0 bridgehead atoms. The van der Waals surface area contributed by atoms with E-state index < -0.39 is 0 Å². The molecule has 0 aromatic heterocycles. The van der Waals surface area contributed by atoms with Gasteiger partial charge >= 0.3 is 0 Å². The maximum absolute atomic E-state index is 11.8. The molecule has 0 saturated heterocycles. The molecule has 1 N–H and O–H groups in total. The van der Waals surface area contributed by atoms with Crippen molar-refractivity contribution in [2.75, 3.05) is 0 Å². The fourth-order valence-corrected chi connectivity index (χ4v) is 1.75. The van der Waals surface area contributed by atoms with E-state index >= 15 is 0 Å². The lowest BCUT2D eigenvalue weighted by atomic mass is 10.2. The largest absolute Gasteiger partial charge is 0.272 e. The van der Waals surface area contributed by atoms with E-state index in [-0.39, 0.29) is 5.91 Å². The summed E-state index contributed by atoms with van der Waals surface area (Å²) in [5.41, 5.74) is 4.96. The zero-order valence-electron chi connectivity index (χ0n) is 10.4. The van der Waals surface area contributed by atoms with Crippen LogP contribution in [0.25, 0.3) is 0 Å². The van der Waals surface area contributed by atoms with E-state index in [1.807, 2.05) is 31.2 Å². The smallest absolute Gasteiger partial charge is 0.267 e. The van der Waals surface area contributed by atoms with Crippen LogP contribution in [-0.2, 0) is 0 Å². The van der Waals surface area contributed by atoms with E-state index in [4.69, 9.17) is 11.6 Å². The van der Waals surface area contributed by atoms with Crippen LogP contribution in [-0.4, -0.2) is 12.1 Å². The first-order chi connectivity index (χ1) is 9.16. The van der Waals surface area contributed by atoms with E-state index in [9.17, 15) is 4.79 Å². The van der Waals surface area contributed by atoms with Crippen LogP contribution in [0.1, 0.15) is 21.5 Å². The molecule has 2 aromatic carbocycles. The van der Waals surface area contributed by atoms with Gasteiger partial charge in [-0.05, 0) is 24.6 Å². The topological polar surface area (TPSA) is 41.5 Å². The molecule has 0 spiro atoms. The van der Waals surface area contributed by atoms with Crippen molar-refractivity contribution in [3.63, 3.8) is 0 Å². The number of carbonyl (C=O) groups excluding carboxylic acids is 1. The van der Waals surface area contributed by atoms with Gasteiger partial charge in [-0.2, -0.15) is 5.10 Å². The summed E-state index contributed by atoms with van der Waals surface area (Å²) in [4.78, 5) is 11.8. The summed E-state index contributed by atoms with van der Waals surface area (Å²) in [6.45, 7) is 2.01. The van der Waals surface area contributed by atoms with E-state index in [0.29, 0.717) is 10.6 Å². The Bertz CT molecular complexity index is 606. The summed E-state index contributed by atoms with van der Waals surface area (Å²) in [6, 6.07) is 14.7. The number of aryl methyl sites for hydroxylation is 1. The molecule has 19 heavy (non-hydrogen) atoms. The number of nitrogens with one attached hydrogen (secondary N) is 1. The number of hydrogen-bond donors (Lipinski definition) is 1. The van der Waals surface area contributed by atoms with Gasteiger partial charge in [0.2, 0.25) is 0 Å². The van der Waals surface area contributed by atoms with Gasteiger partial charge in [0.25, 0.3) is 5.91 Å². The molecule has 4 heteroatoms. The van der Waals surface area contributed by atoms with Gasteiger partial charge in [0.1, 0.15) is 0 Å². The lowest BCUT2D eigenvalue weighted by Gasteiger charge is -2.01. The van der Waals surface area contributed by atoms with Gasteiger partial charge in [-0.15, -0.1) is 0 Å². The molecular weight excluding hydrogens is 260 g/mol. The Balaban J connectivity index is 2.01. The molecule has 1 amide bonds. The number of carbonyl (C=O) groups is 1. The molecule has 0 atom stereocenters. The minimum absolute atomic E-state index is 0.325. The Kier molecular flexibility index (Phi) is 4.31. The third kappa shape index (κ3) is 3.66. The third-order valence-corrected chi connectivity index (χ3v) is 2.91. The molecule has 2 rings (SSSR count). The lowest BCUT2D eigenvalue weighted by molar-refractivity contribution is 0.0955. The van der Waals surface area contributed by atoms with Crippen molar-refractivity contribution >= 4 is 23.7 Å². The van der Waals surface area contributed by atoms with Crippen LogP contribution in [0.2, 0.25) is 5.02 Å². The summed E-state index contributed by atoms with van der Waals surface area (Å²) < 4.78 is 0. The van der Waals surface area contributed by atoms with Gasteiger partial charge in [0.15, 0.2) is 0 Å². The second kappa shape index (κ2) is 6.16. The highest BCUT2D eigenvalue weighted by molar-refractivity contribution is 6.33. The van der Waals surface area contributed by atoms with Gasteiger partial charge in [0, 0.05) is 0 Å². The Morgan fingerprint density at radius 1 is 1.16 bits per heavy atom. The fraction of sp³-hybridized carbons (Fsp3) is 0.0667. The molecule has 2 aromatic rings. The van der Waals surface area contributed by atoms with E-state index in [1.54, 1.807) is 30.5 Å². The molecule has 0 saturated carbocycles. The number of benzene rings is 2. The highest BCUT2D eigenvalue weighted by atomic mass is 35.5. The second-order valence-electron chi connectivity index (χ2n) is 4.09. The Hall–Kier alpha value is -2.13. The van der Waals surface area contributed by atoms with Crippen molar-refractivity contribution in [2.45, 2.75) is 6.92 Å². The monoisotopic (exact) mass is 272 g/mol. The zero-order valence-corrected chi connectivity index (χ0v) is 11.2. The average Bonchev–Trinajstić information content (AvgIpc) is 2.41. The van der Waals surface area contributed by atoms with Crippen LogP contribution < -0.4 is 5.43 Å². The van der Waals surface area contributed by atoms with Crippen molar-refractivity contribution in [3.05, 3.63) is 70.2 Å². The summed E-state index contributed by atoms with van der Waals surface area (Å²) >= 11 is 5.92. The number of nitrogens with zero attached hydrogens (tertiary/aromatic N) is 1. The van der Waals surface area contributed by atoms with Crippen LogP contribution in [0.5, 0.6) is 0 Å². The first-order valence-corrected chi connectivity index (χ1v) is 6.19. The predicted octanol–water partition coefficient (Wildman–Crippen LogP) is 3.41. The highest BCUT2D eigenvalue weighted by Crippen LogP contribution is 2.14. The van der Waals surface area contributed by atoms with E-state index in [1.165, 1.54) is 5.56 Å². The molecule has 0 aliphatic rings. The minimum atomic E-state index is -0.325. The highest BCUT2D eigenvalue weighted by Gasteiger charge is 2.07. The molecule has 0 heterocycles.